The second-order valence-corrected chi connectivity index (χ2v) is 8.83. The number of halogens is 2. The van der Waals surface area contributed by atoms with Crippen LogP contribution < -0.4 is 9.47 Å². The van der Waals surface area contributed by atoms with Crippen LogP contribution in [-0.2, 0) is 11.3 Å². The normalized spacial score (nSPS) is 20.6. The zero-order valence-electron chi connectivity index (χ0n) is 17.5. The fraction of sp³-hybridized carbons (Fsp3) is 0.375. The highest BCUT2D eigenvalue weighted by Gasteiger charge is 2.36. The first kappa shape index (κ1) is 21.1. The average molecular weight is 459 g/mol. The molecule has 5 rings (SSSR count). The first-order valence-electron chi connectivity index (χ1n) is 10.7. The minimum absolute atomic E-state index is 0.0312. The number of piperazine rings is 1. The summed E-state index contributed by atoms with van der Waals surface area (Å²) in [6, 6.07) is 6.42. The Balaban J connectivity index is 1.55. The zero-order valence-corrected chi connectivity index (χ0v) is 18.3. The van der Waals surface area contributed by atoms with Crippen LogP contribution in [0.2, 0.25) is 5.02 Å². The van der Waals surface area contributed by atoms with Crippen molar-refractivity contribution in [2.45, 2.75) is 31.5 Å². The maximum Gasteiger partial charge on any atom is 0.246 e. The summed E-state index contributed by atoms with van der Waals surface area (Å²) in [7, 11) is 0. The molecule has 0 spiro atoms. The molecule has 1 saturated carbocycles. The molecule has 32 heavy (non-hydrogen) atoms. The van der Waals surface area contributed by atoms with Crippen LogP contribution in [-0.4, -0.2) is 59.2 Å². The predicted molar refractivity (Wildman–Crippen MR) is 119 cm³/mol. The van der Waals surface area contributed by atoms with E-state index in [9.17, 15) is 9.90 Å². The number of fused-ring (bicyclic) bond motifs is 2. The summed E-state index contributed by atoms with van der Waals surface area (Å²) in [5.41, 5.74) is 0.986. The van der Waals surface area contributed by atoms with E-state index in [1.165, 1.54) is 12.1 Å². The van der Waals surface area contributed by atoms with Gasteiger partial charge in [0.1, 0.15) is 18.1 Å². The van der Waals surface area contributed by atoms with Crippen molar-refractivity contribution < 1.29 is 23.8 Å². The number of rotatable bonds is 4. The third-order valence-corrected chi connectivity index (χ3v) is 6.52. The molecule has 0 radical (unpaired) electrons. The number of benzene rings is 2. The molecule has 1 amide bonds. The Labute approximate surface area is 190 Å². The summed E-state index contributed by atoms with van der Waals surface area (Å²) in [6.07, 6.45) is 3.16. The van der Waals surface area contributed by atoms with Crippen LogP contribution in [0.1, 0.15) is 18.4 Å². The molecule has 2 aromatic rings. The molecular formula is C24H24ClFN2O4. The number of ether oxygens (including phenoxy) is 2. The number of hydrogen-bond acceptors (Lipinski definition) is 5. The lowest BCUT2D eigenvalue weighted by atomic mass is 9.99. The lowest BCUT2D eigenvalue weighted by Crippen LogP contribution is -2.55. The molecule has 0 aromatic heterocycles. The Hall–Kier alpha value is -2.77. The molecule has 0 bridgehead atoms. The van der Waals surface area contributed by atoms with Gasteiger partial charge in [-0.1, -0.05) is 24.2 Å². The number of hydrogen-bond donors (Lipinski definition) is 1. The number of carbonyl (C=O) groups excluding carboxylic acids is 1. The van der Waals surface area contributed by atoms with Crippen LogP contribution in [0.4, 0.5) is 4.39 Å². The highest BCUT2D eigenvalue weighted by atomic mass is 35.5. The third-order valence-electron chi connectivity index (χ3n) is 6.21. The maximum atomic E-state index is 16.0. The minimum Gasteiger partial charge on any atom is -0.507 e. The average Bonchev–Trinajstić information content (AvgIpc) is 3.60. The van der Waals surface area contributed by atoms with E-state index in [0.717, 1.165) is 12.8 Å². The van der Waals surface area contributed by atoms with Gasteiger partial charge in [-0.05, 0) is 37.1 Å². The number of amides is 1. The smallest absolute Gasteiger partial charge is 0.246 e. The van der Waals surface area contributed by atoms with Crippen molar-refractivity contribution in [3.8, 4) is 28.4 Å². The second kappa shape index (κ2) is 8.30. The van der Waals surface area contributed by atoms with Crippen molar-refractivity contribution in [1.29, 1.82) is 0 Å². The van der Waals surface area contributed by atoms with E-state index >= 15 is 4.39 Å². The first-order valence-corrected chi connectivity index (χ1v) is 11.1. The molecule has 8 heteroatoms. The van der Waals surface area contributed by atoms with Crippen molar-refractivity contribution in [3.63, 3.8) is 0 Å². The van der Waals surface area contributed by atoms with E-state index in [4.69, 9.17) is 21.1 Å². The Morgan fingerprint density at radius 3 is 2.84 bits per heavy atom. The molecule has 2 aliphatic heterocycles. The lowest BCUT2D eigenvalue weighted by Gasteiger charge is -2.39. The van der Waals surface area contributed by atoms with E-state index in [-0.39, 0.29) is 52.3 Å². The van der Waals surface area contributed by atoms with Crippen LogP contribution in [0.5, 0.6) is 17.2 Å². The van der Waals surface area contributed by atoms with Gasteiger partial charge in [0.05, 0.1) is 22.7 Å². The molecule has 2 fully saturated rings. The number of carbonyl (C=O) groups is 1. The molecule has 2 heterocycles. The summed E-state index contributed by atoms with van der Waals surface area (Å²) >= 11 is 6.36. The van der Waals surface area contributed by atoms with E-state index in [1.807, 2.05) is 0 Å². The van der Waals surface area contributed by atoms with E-state index in [2.05, 4.69) is 11.5 Å². The van der Waals surface area contributed by atoms with Crippen LogP contribution in [0, 0.1) is 5.82 Å². The number of aromatic hydroxyl groups is 1. The quantitative estimate of drug-likeness (QED) is 0.702. The Morgan fingerprint density at radius 1 is 1.31 bits per heavy atom. The van der Waals surface area contributed by atoms with Gasteiger partial charge in [-0.2, -0.15) is 0 Å². The first-order chi connectivity index (χ1) is 15.5. The van der Waals surface area contributed by atoms with Crippen LogP contribution in [0.25, 0.3) is 11.1 Å². The molecule has 3 aliphatic rings. The Kier molecular flexibility index (Phi) is 5.47. The number of nitrogens with zero attached hydrogens (tertiary/aromatic N) is 2. The largest absolute Gasteiger partial charge is 0.507 e. The van der Waals surface area contributed by atoms with Crippen LogP contribution >= 0.6 is 11.6 Å². The summed E-state index contributed by atoms with van der Waals surface area (Å²) in [4.78, 5) is 16.0. The van der Waals surface area contributed by atoms with Crippen molar-refractivity contribution in [2.24, 2.45) is 0 Å². The fourth-order valence-corrected chi connectivity index (χ4v) is 4.63. The monoisotopic (exact) mass is 458 g/mol. The highest BCUT2D eigenvalue weighted by molar-refractivity contribution is 6.33. The summed E-state index contributed by atoms with van der Waals surface area (Å²) in [5.74, 6) is -0.343. The van der Waals surface area contributed by atoms with Crippen molar-refractivity contribution >= 4 is 17.5 Å². The summed E-state index contributed by atoms with van der Waals surface area (Å²) < 4.78 is 28.0. The molecule has 6 nitrogen and oxygen atoms in total. The van der Waals surface area contributed by atoms with Gasteiger partial charge >= 0.3 is 0 Å². The van der Waals surface area contributed by atoms with Crippen LogP contribution in [0.3, 0.4) is 0 Å². The molecule has 1 unspecified atom stereocenters. The van der Waals surface area contributed by atoms with Gasteiger partial charge in [0, 0.05) is 37.3 Å². The molecular weight excluding hydrogens is 435 g/mol. The van der Waals surface area contributed by atoms with E-state index in [1.54, 1.807) is 23.1 Å². The zero-order chi connectivity index (χ0) is 22.4. The van der Waals surface area contributed by atoms with Gasteiger partial charge in [-0.3, -0.25) is 9.69 Å². The van der Waals surface area contributed by atoms with Crippen molar-refractivity contribution in [2.75, 3.05) is 26.2 Å². The highest BCUT2D eigenvalue weighted by Crippen LogP contribution is 2.48. The predicted octanol–water partition coefficient (Wildman–Crippen LogP) is 3.98. The standard InChI is InChI=1S/C24H24ClFN2O4/c1-2-20(30)28-9-8-27-11-14-10-19(32-16-6-7-16)22(21-17(25)4-3-5-18(21)29)23(26)24(14)31-13-15(27)12-28/h2-5,10,15-16,29H,1,6-9,11-13H2. The van der Waals surface area contributed by atoms with Gasteiger partial charge < -0.3 is 19.5 Å². The minimum atomic E-state index is -0.597. The van der Waals surface area contributed by atoms with Gasteiger partial charge in [-0.25, -0.2) is 4.39 Å². The molecule has 2 aromatic carbocycles. The van der Waals surface area contributed by atoms with Gasteiger partial charge in [0.15, 0.2) is 11.6 Å². The molecule has 1 saturated heterocycles. The second-order valence-electron chi connectivity index (χ2n) is 8.43. The third kappa shape index (κ3) is 3.80. The van der Waals surface area contributed by atoms with Gasteiger partial charge in [0.25, 0.3) is 0 Å². The molecule has 168 valence electrons. The van der Waals surface area contributed by atoms with Crippen molar-refractivity contribution in [1.82, 2.24) is 9.80 Å². The van der Waals surface area contributed by atoms with Crippen LogP contribution in [0.15, 0.2) is 36.9 Å². The lowest BCUT2D eigenvalue weighted by molar-refractivity contribution is -0.129. The SMILES string of the molecule is C=CC(=O)N1CCN2Cc3cc(OC4CC4)c(-c4c(O)cccc4Cl)c(F)c3OCC2C1. The molecule has 1 atom stereocenters. The number of phenolic OH excluding ortho intramolecular Hbond substituents is 1. The Morgan fingerprint density at radius 2 is 2.12 bits per heavy atom. The maximum absolute atomic E-state index is 16.0. The fourth-order valence-electron chi connectivity index (χ4n) is 4.37. The molecule has 1 N–H and O–H groups in total. The Bertz CT molecular complexity index is 1070. The summed E-state index contributed by atoms with van der Waals surface area (Å²) in [5, 5.41) is 10.7. The number of phenols is 1. The van der Waals surface area contributed by atoms with Gasteiger partial charge in [0.2, 0.25) is 5.91 Å². The van der Waals surface area contributed by atoms with Gasteiger partial charge in [-0.15, -0.1) is 0 Å². The molecule has 1 aliphatic carbocycles. The van der Waals surface area contributed by atoms with Crippen molar-refractivity contribution in [3.05, 3.63) is 53.3 Å². The summed E-state index contributed by atoms with van der Waals surface area (Å²) in [6.45, 7) is 6.00. The van der Waals surface area contributed by atoms with E-state index in [0.29, 0.717) is 37.5 Å². The topological polar surface area (TPSA) is 62.2 Å². The van der Waals surface area contributed by atoms with E-state index < -0.39 is 5.82 Å².